The van der Waals surface area contributed by atoms with Crippen LogP contribution in [0, 0.1) is 5.92 Å². The van der Waals surface area contributed by atoms with Gasteiger partial charge in [-0.2, -0.15) is 0 Å². The summed E-state index contributed by atoms with van der Waals surface area (Å²) in [6.45, 7) is 6.83. The van der Waals surface area contributed by atoms with Crippen molar-refractivity contribution >= 4 is 33.3 Å². The molecule has 0 spiro atoms. The predicted octanol–water partition coefficient (Wildman–Crippen LogP) is 3.31. The zero-order valence-electron chi connectivity index (χ0n) is 13.8. The smallest absolute Gasteiger partial charge is 0.224 e. The second-order valence-electron chi connectivity index (χ2n) is 6.25. The number of fused-ring (bicyclic) bond motifs is 1. The third kappa shape index (κ3) is 3.80. The number of likely N-dealkylation sites (tertiary alicyclic amines) is 1. The summed E-state index contributed by atoms with van der Waals surface area (Å²) in [5, 5.41) is 4.38. The fraction of sp³-hybridized carbons (Fsp3) is 0.588. The van der Waals surface area contributed by atoms with Crippen LogP contribution < -0.4 is 5.32 Å². The molecule has 1 N–H and O–H groups in total. The topological polar surface area (TPSA) is 58.1 Å². The minimum atomic E-state index is 0.245. The first-order valence-corrected chi connectivity index (χ1v) is 9.24. The van der Waals surface area contributed by atoms with E-state index in [4.69, 9.17) is 0 Å². The lowest BCUT2D eigenvalue weighted by Crippen LogP contribution is -2.38. The standard InChI is InChI=1S/C17H24N4OS/c1-3-13-10-14-16(19-11-20-17(14)23-13)18-7-4-15(22)21-8-5-12(2)6-9-21/h10-12H,3-9H2,1-2H3,(H,18,19,20). The van der Waals surface area contributed by atoms with Crippen LogP contribution in [-0.4, -0.2) is 40.4 Å². The molecule has 1 aliphatic heterocycles. The highest BCUT2D eigenvalue weighted by Crippen LogP contribution is 2.28. The van der Waals surface area contributed by atoms with Crippen LogP contribution in [0.15, 0.2) is 12.4 Å². The summed E-state index contributed by atoms with van der Waals surface area (Å²) in [6, 6.07) is 2.15. The third-order valence-corrected chi connectivity index (χ3v) is 5.68. The van der Waals surface area contributed by atoms with Gasteiger partial charge in [-0.3, -0.25) is 4.79 Å². The summed E-state index contributed by atoms with van der Waals surface area (Å²) in [4.78, 5) is 25.2. The molecule has 3 heterocycles. The molecule has 6 heteroatoms. The fourth-order valence-electron chi connectivity index (χ4n) is 2.92. The molecule has 0 bridgehead atoms. The Morgan fingerprint density at radius 1 is 1.39 bits per heavy atom. The normalized spacial score (nSPS) is 16.0. The van der Waals surface area contributed by atoms with Crippen LogP contribution >= 0.6 is 11.3 Å². The van der Waals surface area contributed by atoms with Gasteiger partial charge in [0, 0.05) is 30.9 Å². The summed E-state index contributed by atoms with van der Waals surface area (Å²) < 4.78 is 0. The fourth-order valence-corrected chi connectivity index (χ4v) is 3.86. The Kier molecular flexibility index (Phi) is 5.10. The van der Waals surface area contributed by atoms with E-state index in [1.165, 1.54) is 4.88 Å². The molecule has 1 aliphatic rings. The maximum absolute atomic E-state index is 12.3. The summed E-state index contributed by atoms with van der Waals surface area (Å²) in [5.74, 6) is 1.83. The molecule has 0 aliphatic carbocycles. The Morgan fingerprint density at radius 2 is 2.17 bits per heavy atom. The van der Waals surface area contributed by atoms with Crippen LogP contribution in [0.1, 0.15) is 38.0 Å². The summed E-state index contributed by atoms with van der Waals surface area (Å²) in [7, 11) is 0. The van der Waals surface area contributed by atoms with Crippen molar-refractivity contribution in [1.29, 1.82) is 0 Å². The van der Waals surface area contributed by atoms with Crippen molar-refractivity contribution in [1.82, 2.24) is 14.9 Å². The van der Waals surface area contributed by atoms with E-state index in [1.54, 1.807) is 17.7 Å². The number of hydrogen-bond donors (Lipinski definition) is 1. The second-order valence-corrected chi connectivity index (χ2v) is 7.36. The van der Waals surface area contributed by atoms with Crippen LogP contribution in [0.2, 0.25) is 0 Å². The second kappa shape index (κ2) is 7.25. The van der Waals surface area contributed by atoms with Crippen LogP contribution in [0.25, 0.3) is 10.2 Å². The lowest BCUT2D eigenvalue weighted by Gasteiger charge is -2.30. The van der Waals surface area contributed by atoms with Crippen molar-refractivity contribution in [3.63, 3.8) is 0 Å². The van der Waals surface area contributed by atoms with Crippen molar-refractivity contribution in [2.24, 2.45) is 5.92 Å². The Labute approximate surface area is 141 Å². The van der Waals surface area contributed by atoms with Crippen LogP contribution in [0.5, 0.6) is 0 Å². The lowest BCUT2D eigenvalue weighted by molar-refractivity contribution is -0.132. The highest BCUT2D eigenvalue weighted by molar-refractivity contribution is 7.18. The molecular formula is C17H24N4OS. The largest absolute Gasteiger partial charge is 0.369 e. The molecule has 2 aromatic rings. The molecule has 1 saturated heterocycles. The quantitative estimate of drug-likeness (QED) is 0.912. The maximum atomic E-state index is 12.3. The van der Waals surface area contributed by atoms with Crippen molar-refractivity contribution in [2.45, 2.75) is 39.5 Å². The van der Waals surface area contributed by atoms with Crippen molar-refractivity contribution in [3.05, 3.63) is 17.3 Å². The van der Waals surface area contributed by atoms with E-state index in [9.17, 15) is 4.79 Å². The molecule has 23 heavy (non-hydrogen) atoms. The van der Waals surface area contributed by atoms with Gasteiger partial charge in [0.2, 0.25) is 5.91 Å². The molecule has 0 saturated carbocycles. The number of carbonyl (C=O) groups excluding carboxylic acids is 1. The summed E-state index contributed by atoms with van der Waals surface area (Å²) >= 11 is 1.71. The van der Waals surface area contributed by atoms with Crippen LogP contribution in [0.4, 0.5) is 5.82 Å². The zero-order chi connectivity index (χ0) is 16.2. The van der Waals surface area contributed by atoms with Gasteiger partial charge in [-0.1, -0.05) is 13.8 Å². The van der Waals surface area contributed by atoms with E-state index in [0.717, 1.165) is 54.3 Å². The molecule has 0 aromatic carbocycles. The van der Waals surface area contributed by atoms with E-state index in [-0.39, 0.29) is 5.91 Å². The molecule has 2 aromatic heterocycles. The molecule has 0 unspecified atom stereocenters. The van der Waals surface area contributed by atoms with Gasteiger partial charge in [0.25, 0.3) is 0 Å². The van der Waals surface area contributed by atoms with Gasteiger partial charge < -0.3 is 10.2 Å². The van der Waals surface area contributed by atoms with Crippen molar-refractivity contribution in [3.8, 4) is 0 Å². The van der Waals surface area contributed by atoms with Gasteiger partial charge in [0.15, 0.2) is 0 Å². The number of thiophene rings is 1. The number of piperidine rings is 1. The molecule has 0 radical (unpaired) electrons. The number of nitrogens with one attached hydrogen (secondary N) is 1. The van der Waals surface area contributed by atoms with E-state index in [1.807, 2.05) is 4.90 Å². The van der Waals surface area contributed by atoms with E-state index >= 15 is 0 Å². The number of hydrogen-bond acceptors (Lipinski definition) is 5. The first-order valence-electron chi connectivity index (χ1n) is 8.42. The highest BCUT2D eigenvalue weighted by atomic mass is 32.1. The SMILES string of the molecule is CCc1cc2c(NCCC(=O)N3CCC(C)CC3)ncnc2s1. The molecule has 1 amide bonds. The van der Waals surface area contributed by atoms with Crippen molar-refractivity contribution < 1.29 is 4.79 Å². The lowest BCUT2D eigenvalue weighted by atomic mass is 9.99. The summed E-state index contributed by atoms with van der Waals surface area (Å²) in [6.07, 6.45) is 5.37. The molecule has 124 valence electrons. The number of anilines is 1. The van der Waals surface area contributed by atoms with Gasteiger partial charge >= 0.3 is 0 Å². The molecule has 3 rings (SSSR count). The molecule has 0 atom stereocenters. The van der Waals surface area contributed by atoms with Gasteiger partial charge in [-0.15, -0.1) is 11.3 Å². The van der Waals surface area contributed by atoms with Gasteiger partial charge in [-0.05, 0) is 31.2 Å². The number of amides is 1. The molecule has 5 nitrogen and oxygen atoms in total. The number of nitrogens with zero attached hydrogens (tertiary/aromatic N) is 3. The summed E-state index contributed by atoms with van der Waals surface area (Å²) in [5.41, 5.74) is 0. The molecular weight excluding hydrogens is 308 g/mol. The first-order chi connectivity index (χ1) is 11.2. The number of rotatable bonds is 5. The first kappa shape index (κ1) is 16.2. The predicted molar refractivity (Wildman–Crippen MR) is 94.9 cm³/mol. The Morgan fingerprint density at radius 3 is 2.91 bits per heavy atom. The van der Waals surface area contributed by atoms with Crippen LogP contribution in [-0.2, 0) is 11.2 Å². The van der Waals surface area contributed by atoms with E-state index in [0.29, 0.717) is 13.0 Å². The minimum absolute atomic E-state index is 0.245. The van der Waals surface area contributed by atoms with E-state index in [2.05, 4.69) is 35.2 Å². The third-order valence-electron chi connectivity index (χ3n) is 4.50. The zero-order valence-corrected chi connectivity index (χ0v) is 14.7. The average molecular weight is 332 g/mol. The molecule has 1 fully saturated rings. The van der Waals surface area contributed by atoms with Gasteiger partial charge in [0.1, 0.15) is 17.0 Å². The monoisotopic (exact) mass is 332 g/mol. The van der Waals surface area contributed by atoms with Crippen LogP contribution in [0.3, 0.4) is 0 Å². The van der Waals surface area contributed by atoms with Gasteiger partial charge in [-0.25, -0.2) is 9.97 Å². The Balaban J connectivity index is 1.56. The Hall–Kier alpha value is -1.69. The maximum Gasteiger partial charge on any atom is 0.224 e. The van der Waals surface area contributed by atoms with E-state index < -0.39 is 0 Å². The number of carbonyl (C=O) groups is 1. The minimum Gasteiger partial charge on any atom is -0.369 e. The number of aryl methyl sites for hydroxylation is 1. The number of aromatic nitrogens is 2. The van der Waals surface area contributed by atoms with Gasteiger partial charge in [0.05, 0.1) is 5.39 Å². The Bertz CT molecular complexity index is 676. The average Bonchev–Trinajstić information content (AvgIpc) is 2.99. The van der Waals surface area contributed by atoms with Crippen molar-refractivity contribution in [2.75, 3.05) is 25.0 Å². The highest BCUT2D eigenvalue weighted by Gasteiger charge is 2.19.